The first-order valence-electron chi connectivity index (χ1n) is 12.5. The number of hydrogen-bond acceptors (Lipinski definition) is 7. The molecule has 3 atom stereocenters. The van der Waals surface area contributed by atoms with Gasteiger partial charge in [0.05, 0.1) is 12.3 Å². The molecule has 3 unspecified atom stereocenters. The minimum Gasteiger partial charge on any atom is -0.396 e. The number of thiazole rings is 1. The van der Waals surface area contributed by atoms with Gasteiger partial charge >= 0.3 is 0 Å². The molecule has 198 valence electrons. The molecule has 1 aromatic carbocycles. The van der Waals surface area contributed by atoms with Crippen LogP contribution in [0.3, 0.4) is 0 Å². The van der Waals surface area contributed by atoms with Crippen molar-refractivity contribution in [2.24, 2.45) is 5.92 Å². The van der Waals surface area contributed by atoms with Crippen molar-refractivity contribution in [1.29, 1.82) is 0 Å². The first-order valence-corrected chi connectivity index (χ1v) is 13.7. The third-order valence-electron chi connectivity index (χ3n) is 7.55. The van der Waals surface area contributed by atoms with Crippen molar-refractivity contribution in [1.82, 2.24) is 25.5 Å². The topological polar surface area (TPSA) is 131 Å². The summed E-state index contributed by atoms with van der Waals surface area (Å²) in [5, 5.41) is 27.4. The van der Waals surface area contributed by atoms with Gasteiger partial charge in [-0.1, -0.05) is 11.6 Å². The zero-order chi connectivity index (χ0) is 26.3. The lowest BCUT2D eigenvalue weighted by Crippen LogP contribution is -2.48. The Hall–Kier alpha value is -2.50. The van der Waals surface area contributed by atoms with Crippen LogP contribution < -0.4 is 10.6 Å². The molecule has 2 amide bonds. The molecule has 0 radical (unpaired) electrons. The summed E-state index contributed by atoms with van der Waals surface area (Å²) in [5.74, 6) is -0.558. The number of aliphatic hydroxyl groups is 2. The number of nitrogens with zero attached hydrogens (tertiary/aromatic N) is 2. The van der Waals surface area contributed by atoms with Gasteiger partial charge in [-0.3, -0.25) is 14.5 Å². The van der Waals surface area contributed by atoms with Gasteiger partial charge in [0.25, 0.3) is 11.8 Å². The molecule has 0 saturated heterocycles. The number of aliphatic hydroxyl groups excluding tert-OH is 2. The van der Waals surface area contributed by atoms with Crippen LogP contribution in [0.25, 0.3) is 10.9 Å². The number of fused-ring (bicyclic) bond motifs is 2. The van der Waals surface area contributed by atoms with E-state index in [0.717, 1.165) is 34.4 Å². The summed E-state index contributed by atoms with van der Waals surface area (Å²) in [7, 11) is 0. The predicted octanol–water partition coefficient (Wildman–Crippen LogP) is 2.71. The fraction of sp³-hybridized carbons (Fsp3) is 0.500. The van der Waals surface area contributed by atoms with Crippen LogP contribution in [0.15, 0.2) is 24.3 Å². The van der Waals surface area contributed by atoms with Crippen LogP contribution in [0, 0.1) is 5.92 Å². The number of hydrogen-bond donors (Lipinski definition) is 5. The predicted molar refractivity (Wildman–Crippen MR) is 143 cm³/mol. The minimum absolute atomic E-state index is 0.00828. The maximum atomic E-state index is 13.2. The Balaban J connectivity index is 1.27. The number of aromatic nitrogens is 2. The molecule has 2 aromatic heterocycles. The van der Waals surface area contributed by atoms with Gasteiger partial charge in [-0.25, -0.2) is 4.98 Å². The monoisotopic (exact) mass is 545 g/mol. The number of amides is 2. The largest absolute Gasteiger partial charge is 0.396 e. The SMILES string of the molecule is CC(C)(CO)N1CCc2nc(C(=O)NC3CC(CO)CC3NC(=O)c3cc4cc(Cl)ccc4[nH]3)sc2C1. The highest BCUT2D eigenvalue weighted by Crippen LogP contribution is 2.31. The van der Waals surface area contributed by atoms with Crippen molar-refractivity contribution in [3.63, 3.8) is 0 Å². The highest BCUT2D eigenvalue weighted by atomic mass is 35.5. The molecular formula is C26H32ClN5O4S. The van der Waals surface area contributed by atoms with E-state index in [1.165, 1.54) is 11.3 Å². The van der Waals surface area contributed by atoms with Crippen LogP contribution >= 0.6 is 22.9 Å². The molecule has 3 aromatic rings. The number of rotatable bonds is 7. The first kappa shape index (κ1) is 26.1. The van der Waals surface area contributed by atoms with Gasteiger partial charge in [-0.05, 0) is 56.9 Å². The maximum Gasteiger partial charge on any atom is 0.280 e. The summed E-state index contributed by atoms with van der Waals surface area (Å²) in [5.41, 5.74) is 1.82. The lowest BCUT2D eigenvalue weighted by molar-refractivity contribution is 0.0471. The standard InChI is InChI=1S/C26H32ClN5O4S/c1-26(2,13-34)32-6-5-18-22(11-32)37-25(31-18)24(36)30-20-8-14(12-33)7-19(20)29-23(35)21-10-15-9-16(27)3-4-17(15)28-21/h3-4,9-10,14,19-20,28,33-34H,5-8,11-13H2,1-2H3,(H,29,35)(H,30,36). The molecule has 0 spiro atoms. The van der Waals surface area contributed by atoms with Gasteiger partial charge < -0.3 is 25.8 Å². The van der Waals surface area contributed by atoms with Crippen molar-refractivity contribution < 1.29 is 19.8 Å². The quantitative estimate of drug-likeness (QED) is 0.310. The van der Waals surface area contributed by atoms with E-state index in [1.54, 1.807) is 18.2 Å². The van der Waals surface area contributed by atoms with Crippen LogP contribution in [-0.2, 0) is 13.0 Å². The number of halogens is 1. The molecule has 2 aliphatic rings. The first-order chi connectivity index (χ1) is 17.7. The number of carbonyl (C=O) groups excluding carboxylic acids is 2. The van der Waals surface area contributed by atoms with E-state index in [9.17, 15) is 19.8 Å². The zero-order valence-electron chi connectivity index (χ0n) is 20.9. The van der Waals surface area contributed by atoms with E-state index in [0.29, 0.717) is 35.1 Å². The van der Waals surface area contributed by atoms with Gasteiger partial charge in [0, 0.05) is 64.5 Å². The van der Waals surface area contributed by atoms with Crippen LogP contribution in [0.1, 0.15) is 57.6 Å². The smallest absolute Gasteiger partial charge is 0.280 e. The molecule has 0 bridgehead atoms. The van der Waals surface area contributed by atoms with E-state index >= 15 is 0 Å². The van der Waals surface area contributed by atoms with Crippen LogP contribution in [-0.4, -0.2) is 74.3 Å². The molecule has 1 saturated carbocycles. The number of aromatic amines is 1. The second-order valence-electron chi connectivity index (χ2n) is 10.6. The summed E-state index contributed by atoms with van der Waals surface area (Å²) < 4.78 is 0. The number of benzene rings is 1. The molecule has 11 heteroatoms. The highest BCUT2D eigenvalue weighted by molar-refractivity contribution is 7.13. The Morgan fingerprint density at radius 1 is 1.19 bits per heavy atom. The zero-order valence-corrected chi connectivity index (χ0v) is 22.5. The third kappa shape index (κ3) is 5.39. The average molecular weight is 546 g/mol. The van der Waals surface area contributed by atoms with Crippen LogP contribution in [0.5, 0.6) is 0 Å². The third-order valence-corrected chi connectivity index (χ3v) is 8.86. The van der Waals surface area contributed by atoms with Gasteiger partial charge in [-0.2, -0.15) is 0 Å². The number of nitrogens with one attached hydrogen (secondary N) is 3. The fourth-order valence-corrected chi connectivity index (χ4v) is 6.43. The second-order valence-corrected chi connectivity index (χ2v) is 12.1. The van der Waals surface area contributed by atoms with Crippen molar-refractivity contribution in [2.45, 2.75) is 57.3 Å². The van der Waals surface area contributed by atoms with Gasteiger partial charge in [-0.15, -0.1) is 11.3 Å². The van der Waals surface area contributed by atoms with Crippen molar-refractivity contribution in [2.75, 3.05) is 19.8 Å². The Labute approximate surface area is 224 Å². The molecule has 3 heterocycles. The van der Waals surface area contributed by atoms with Gasteiger partial charge in [0.2, 0.25) is 0 Å². The Kier molecular flexibility index (Phi) is 7.30. The van der Waals surface area contributed by atoms with Crippen molar-refractivity contribution >= 4 is 45.7 Å². The van der Waals surface area contributed by atoms with E-state index in [2.05, 4.69) is 25.5 Å². The molecular weight excluding hydrogens is 514 g/mol. The summed E-state index contributed by atoms with van der Waals surface area (Å²) in [4.78, 5) is 37.2. The number of H-pyrrole nitrogens is 1. The van der Waals surface area contributed by atoms with E-state index in [4.69, 9.17) is 11.6 Å². The van der Waals surface area contributed by atoms with Crippen molar-refractivity contribution in [3.8, 4) is 0 Å². The summed E-state index contributed by atoms with van der Waals surface area (Å²) >= 11 is 7.45. The molecule has 5 rings (SSSR count). The molecule has 1 aliphatic carbocycles. The normalized spacial score (nSPS) is 22.2. The Bertz CT molecular complexity index is 1320. The lowest BCUT2D eigenvalue weighted by Gasteiger charge is -2.39. The van der Waals surface area contributed by atoms with Gasteiger partial charge in [0.15, 0.2) is 5.01 Å². The highest BCUT2D eigenvalue weighted by Gasteiger charge is 2.37. The van der Waals surface area contributed by atoms with Crippen LogP contribution in [0.4, 0.5) is 0 Å². The molecule has 37 heavy (non-hydrogen) atoms. The summed E-state index contributed by atoms with van der Waals surface area (Å²) in [6, 6.07) is 6.49. The lowest BCUT2D eigenvalue weighted by atomic mass is 10.0. The molecule has 9 nitrogen and oxygen atoms in total. The van der Waals surface area contributed by atoms with E-state index in [-0.39, 0.29) is 48.6 Å². The second kappa shape index (κ2) is 10.3. The van der Waals surface area contributed by atoms with Crippen molar-refractivity contribution in [3.05, 3.63) is 50.6 Å². The summed E-state index contributed by atoms with van der Waals surface area (Å²) in [6.45, 7) is 5.49. The van der Waals surface area contributed by atoms with E-state index in [1.807, 2.05) is 19.9 Å². The van der Waals surface area contributed by atoms with Crippen LogP contribution in [0.2, 0.25) is 5.02 Å². The molecule has 1 aliphatic heterocycles. The Morgan fingerprint density at radius 3 is 2.62 bits per heavy atom. The molecule has 5 N–H and O–H groups in total. The Morgan fingerprint density at radius 2 is 1.92 bits per heavy atom. The van der Waals surface area contributed by atoms with E-state index < -0.39 is 0 Å². The molecule has 1 fully saturated rings. The number of carbonyl (C=O) groups is 2. The average Bonchev–Trinajstić information content (AvgIpc) is 3.59. The minimum atomic E-state index is -0.337. The maximum absolute atomic E-state index is 13.2. The fourth-order valence-electron chi connectivity index (χ4n) is 5.22. The van der Waals surface area contributed by atoms with Gasteiger partial charge in [0.1, 0.15) is 5.69 Å². The summed E-state index contributed by atoms with van der Waals surface area (Å²) in [6.07, 6.45) is 1.87.